The molecule has 1 aliphatic rings. The van der Waals surface area contributed by atoms with Gasteiger partial charge in [-0.3, -0.25) is 9.69 Å². The van der Waals surface area contributed by atoms with Gasteiger partial charge in [-0.15, -0.1) is 0 Å². The summed E-state index contributed by atoms with van der Waals surface area (Å²) in [6.45, 7) is 14.2. The lowest BCUT2D eigenvalue weighted by molar-refractivity contribution is 0.0615. The molecule has 0 radical (unpaired) electrons. The smallest absolute Gasteiger partial charge is 0.254 e. The number of rotatable bonds is 8. The van der Waals surface area contributed by atoms with E-state index in [0.29, 0.717) is 26.2 Å². The summed E-state index contributed by atoms with van der Waals surface area (Å²) in [6, 6.07) is 12.6. The van der Waals surface area contributed by atoms with Crippen LogP contribution in [0.5, 0.6) is 0 Å². The van der Waals surface area contributed by atoms with E-state index in [0.717, 1.165) is 42.7 Å². The molecule has 0 bridgehead atoms. The highest BCUT2D eigenvalue weighted by Gasteiger charge is 2.24. The van der Waals surface area contributed by atoms with Crippen LogP contribution < -0.4 is 5.32 Å². The highest BCUT2D eigenvalue weighted by Crippen LogP contribution is 2.34. The fourth-order valence-electron chi connectivity index (χ4n) is 5.03. The molecule has 2 N–H and O–H groups in total. The first kappa shape index (κ1) is 24.3. The maximum Gasteiger partial charge on any atom is 0.254 e. The summed E-state index contributed by atoms with van der Waals surface area (Å²) in [5.41, 5.74) is 7.97. The Morgan fingerprint density at radius 2 is 1.76 bits per heavy atom. The van der Waals surface area contributed by atoms with E-state index in [1.165, 1.54) is 27.9 Å². The van der Waals surface area contributed by atoms with Gasteiger partial charge in [-0.05, 0) is 56.0 Å². The van der Waals surface area contributed by atoms with Gasteiger partial charge in [0, 0.05) is 62.5 Å². The number of amides is 1. The van der Waals surface area contributed by atoms with Crippen molar-refractivity contribution in [3.8, 4) is 0 Å². The van der Waals surface area contributed by atoms with E-state index in [9.17, 15) is 9.90 Å². The van der Waals surface area contributed by atoms with Crippen LogP contribution in [0.25, 0.3) is 10.9 Å². The van der Waals surface area contributed by atoms with Crippen molar-refractivity contribution in [1.82, 2.24) is 14.4 Å². The number of anilines is 1. The van der Waals surface area contributed by atoms with Gasteiger partial charge >= 0.3 is 0 Å². The van der Waals surface area contributed by atoms with Gasteiger partial charge in [-0.25, -0.2) is 0 Å². The molecule has 0 saturated carbocycles. The molecule has 1 fully saturated rings. The summed E-state index contributed by atoms with van der Waals surface area (Å²) in [6.07, 6.45) is 1.06. The first-order valence-corrected chi connectivity index (χ1v) is 12.5. The number of aryl methyl sites for hydroxylation is 3. The van der Waals surface area contributed by atoms with Gasteiger partial charge in [0.25, 0.3) is 5.91 Å². The van der Waals surface area contributed by atoms with Gasteiger partial charge in [0.1, 0.15) is 0 Å². The highest BCUT2D eigenvalue weighted by atomic mass is 16.3. The SMILES string of the molecule is CCCn1c(C)c(C)c2cc(C(=O)N3CCN(CCO)CC3)cc(NCc3ccccc3C)c21. The van der Waals surface area contributed by atoms with E-state index in [1.54, 1.807) is 0 Å². The molecule has 2 heterocycles. The average molecular weight is 463 g/mol. The molecule has 1 saturated heterocycles. The lowest BCUT2D eigenvalue weighted by atomic mass is 10.0. The predicted molar refractivity (Wildman–Crippen MR) is 140 cm³/mol. The molecule has 6 heteroatoms. The van der Waals surface area contributed by atoms with Crippen LogP contribution in [0.15, 0.2) is 36.4 Å². The second-order valence-corrected chi connectivity index (χ2v) is 9.42. The van der Waals surface area contributed by atoms with Gasteiger partial charge in [0.05, 0.1) is 17.8 Å². The second-order valence-electron chi connectivity index (χ2n) is 9.42. The van der Waals surface area contributed by atoms with Crippen LogP contribution in [-0.2, 0) is 13.1 Å². The summed E-state index contributed by atoms with van der Waals surface area (Å²) in [4.78, 5) is 17.7. The molecule has 1 aromatic heterocycles. The molecule has 1 aliphatic heterocycles. The van der Waals surface area contributed by atoms with Crippen LogP contribution >= 0.6 is 0 Å². The Hall–Kier alpha value is -2.83. The van der Waals surface area contributed by atoms with Crippen molar-refractivity contribution in [2.75, 3.05) is 44.6 Å². The molecule has 6 nitrogen and oxygen atoms in total. The summed E-state index contributed by atoms with van der Waals surface area (Å²) in [5.74, 6) is 0.0878. The number of nitrogens with one attached hydrogen (secondary N) is 1. The third-order valence-electron chi connectivity index (χ3n) is 7.23. The van der Waals surface area contributed by atoms with Gasteiger partial charge in [0.2, 0.25) is 0 Å². The summed E-state index contributed by atoms with van der Waals surface area (Å²) < 4.78 is 2.40. The van der Waals surface area contributed by atoms with Crippen molar-refractivity contribution in [1.29, 1.82) is 0 Å². The fraction of sp³-hybridized carbons (Fsp3) is 0.464. The van der Waals surface area contributed by atoms with E-state index in [4.69, 9.17) is 0 Å². The quantitative estimate of drug-likeness (QED) is 0.523. The molecule has 3 aromatic rings. The van der Waals surface area contributed by atoms with Gasteiger partial charge in [-0.2, -0.15) is 0 Å². The topological polar surface area (TPSA) is 60.7 Å². The minimum Gasteiger partial charge on any atom is -0.395 e. The highest BCUT2D eigenvalue weighted by molar-refractivity contribution is 6.04. The Bertz CT molecular complexity index is 1160. The molecule has 2 aromatic carbocycles. The molecular weight excluding hydrogens is 424 g/mol. The van der Waals surface area contributed by atoms with Crippen molar-refractivity contribution in [3.05, 3.63) is 64.3 Å². The van der Waals surface area contributed by atoms with Crippen molar-refractivity contribution < 1.29 is 9.90 Å². The maximum absolute atomic E-state index is 13.5. The second kappa shape index (κ2) is 10.6. The zero-order valence-electron chi connectivity index (χ0n) is 21.0. The Morgan fingerprint density at radius 3 is 2.44 bits per heavy atom. The number of nitrogens with zero attached hydrogens (tertiary/aromatic N) is 3. The van der Waals surface area contributed by atoms with Gasteiger partial charge < -0.3 is 19.9 Å². The summed E-state index contributed by atoms with van der Waals surface area (Å²) in [7, 11) is 0. The number of hydrogen-bond acceptors (Lipinski definition) is 4. The Kier molecular flexibility index (Phi) is 7.59. The normalized spacial score (nSPS) is 14.7. The lowest BCUT2D eigenvalue weighted by Gasteiger charge is -2.34. The molecule has 182 valence electrons. The number of carbonyl (C=O) groups excluding carboxylic acids is 1. The van der Waals surface area contributed by atoms with Crippen molar-refractivity contribution >= 4 is 22.5 Å². The molecule has 4 rings (SSSR count). The third kappa shape index (κ3) is 4.84. The maximum atomic E-state index is 13.5. The number of aliphatic hydroxyl groups is 1. The van der Waals surface area contributed by atoms with Crippen LogP contribution in [0.2, 0.25) is 0 Å². The van der Waals surface area contributed by atoms with Crippen LogP contribution in [-0.4, -0.2) is 64.7 Å². The van der Waals surface area contributed by atoms with Crippen LogP contribution in [0.4, 0.5) is 5.69 Å². The predicted octanol–water partition coefficient (Wildman–Crippen LogP) is 4.34. The Balaban J connectivity index is 1.70. The number of piperazine rings is 1. The van der Waals surface area contributed by atoms with E-state index in [2.05, 4.69) is 72.8 Å². The Labute approximate surface area is 203 Å². The number of aromatic nitrogens is 1. The third-order valence-corrected chi connectivity index (χ3v) is 7.23. The van der Waals surface area contributed by atoms with E-state index in [1.807, 2.05) is 11.0 Å². The first-order valence-electron chi connectivity index (χ1n) is 12.5. The minimum absolute atomic E-state index is 0.0878. The van der Waals surface area contributed by atoms with Crippen LogP contribution in [0.1, 0.15) is 46.1 Å². The van der Waals surface area contributed by atoms with Crippen molar-refractivity contribution in [3.63, 3.8) is 0 Å². The fourth-order valence-corrected chi connectivity index (χ4v) is 5.03. The number of carbonyl (C=O) groups is 1. The van der Waals surface area contributed by atoms with Crippen LogP contribution in [0, 0.1) is 20.8 Å². The molecule has 0 unspecified atom stereocenters. The zero-order valence-corrected chi connectivity index (χ0v) is 21.0. The van der Waals surface area contributed by atoms with Crippen molar-refractivity contribution in [2.45, 2.75) is 47.2 Å². The molecule has 0 atom stereocenters. The monoisotopic (exact) mass is 462 g/mol. The van der Waals surface area contributed by atoms with Crippen LogP contribution in [0.3, 0.4) is 0 Å². The van der Waals surface area contributed by atoms with E-state index >= 15 is 0 Å². The summed E-state index contributed by atoms with van der Waals surface area (Å²) in [5, 5.41) is 14.0. The zero-order chi connectivity index (χ0) is 24.2. The standard InChI is InChI=1S/C28H38N4O2/c1-5-10-32-22(4)21(3)25-17-24(28(34)31-13-11-30(12-14-31)15-16-33)18-26(27(25)32)29-19-23-9-7-6-8-20(23)2/h6-9,17-18,29,33H,5,10-16,19H2,1-4H3. The largest absolute Gasteiger partial charge is 0.395 e. The molecular formula is C28H38N4O2. The first-order chi connectivity index (χ1) is 16.4. The van der Waals surface area contributed by atoms with Gasteiger partial charge in [-0.1, -0.05) is 31.2 Å². The molecule has 34 heavy (non-hydrogen) atoms. The number of benzene rings is 2. The molecule has 0 aliphatic carbocycles. The van der Waals surface area contributed by atoms with E-state index in [-0.39, 0.29) is 12.5 Å². The van der Waals surface area contributed by atoms with E-state index < -0.39 is 0 Å². The van der Waals surface area contributed by atoms with Crippen molar-refractivity contribution in [2.24, 2.45) is 0 Å². The number of β-amino-alcohol motifs (C(OH)–C–C–N with tert-alkyl or cyclic N) is 1. The molecule has 1 amide bonds. The average Bonchev–Trinajstić information content (AvgIpc) is 3.09. The number of hydrogen-bond donors (Lipinski definition) is 2. The number of fused-ring (bicyclic) bond motifs is 1. The minimum atomic E-state index is 0.0878. The number of aliphatic hydroxyl groups excluding tert-OH is 1. The molecule has 0 spiro atoms. The van der Waals surface area contributed by atoms with Gasteiger partial charge in [0.15, 0.2) is 0 Å². The Morgan fingerprint density at radius 1 is 1.03 bits per heavy atom. The summed E-state index contributed by atoms with van der Waals surface area (Å²) >= 11 is 0. The lowest BCUT2D eigenvalue weighted by Crippen LogP contribution is -2.49.